The van der Waals surface area contributed by atoms with Crippen LogP contribution < -0.4 is 0 Å². The molecular formula is C31H39IrN2O2-. The predicted molar refractivity (Wildman–Crippen MR) is 147 cm³/mol. The molecule has 0 spiro atoms. The molecule has 4 nitrogen and oxygen atoms in total. The second kappa shape index (κ2) is 13.2. The molecule has 1 radical (unpaired) electrons. The quantitative estimate of drug-likeness (QED) is 0.0939. The van der Waals surface area contributed by atoms with E-state index in [9.17, 15) is 9.90 Å². The number of carbonyl (C=O) groups excluding carboxylic acids is 1. The van der Waals surface area contributed by atoms with Gasteiger partial charge in [-0.15, -0.1) is 29.7 Å². The Balaban J connectivity index is 0.000000260. The fourth-order valence-electron chi connectivity index (χ4n) is 4.95. The van der Waals surface area contributed by atoms with Crippen LogP contribution in [-0.2, 0) is 24.9 Å². The van der Waals surface area contributed by atoms with Crippen LogP contribution in [0.5, 0.6) is 0 Å². The van der Waals surface area contributed by atoms with Gasteiger partial charge in [0.25, 0.3) is 0 Å². The maximum Gasteiger partial charge on any atom is 0.162 e. The average molecular weight is 664 g/mol. The smallest absolute Gasteiger partial charge is 0.162 e. The Morgan fingerprint density at radius 3 is 2.25 bits per heavy atom. The Bertz CT molecular complexity index is 1280. The molecule has 4 rings (SSSR count). The van der Waals surface area contributed by atoms with Crippen LogP contribution in [0.2, 0.25) is 0 Å². The maximum atomic E-state index is 11.7. The van der Waals surface area contributed by atoms with E-state index in [0.717, 1.165) is 36.6 Å². The van der Waals surface area contributed by atoms with E-state index >= 15 is 0 Å². The molecule has 0 bridgehead atoms. The molecule has 0 unspecified atom stereocenters. The Hall–Kier alpha value is -2.49. The van der Waals surface area contributed by atoms with Crippen molar-refractivity contribution in [1.29, 1.82) is 0 Å². The number of aromatic nitrogens is 2. The number of benzene rings is 1. The number of fused-ring (bicyclic) bond motifs is 6. The summed E-state index contributed by atoms with van der Waals surface area (Å²) in [7, 11) is 0. The van der Waals surface area contributed by atoms with Gasteiger partial charge in [-0.2, -0.15) is 0 Å². The van der Waals surface area contributed by atoms with Crippen LogP contribution in [0, 0.1) is 38.7 Å². The molecule has 0 saturated carbocycles. The monoisotopic (exact) mass is 664 g/mol. The van der Waals surface area contributed by atoms with Gasteiger partial charge in [-0.1, -0.05) is 33.8 Å². The van der Waals surface area contributed by atoms with Crippen molar-refractivity contribution >= 4 is 33.1 Å². The van der Waals surface area contributed by atoms with Crippen molar-refractivity contribution in [1.82, 2.24) is 9.38 Å². The summed E-state index contributed by atoms with van der Waals surface area (Å²) in [5.74, 6) is 0.547. The number of carbonyl (C=O) groups is 1. The van der Waals surface area contributed by atoms with Crippen molar-refractivity contribution in [2.45, 2.75) is 74.1 Å². The second-order valence-corrected chi connectivity index (χ2v) is 9.35. The van der Waals surface area contributed by atoms with Gasteiger partial charge in [0.05, 0.1) is 5.76 Å². The van der Waals surface area contributed by atoms with Crippen molar-refractivity contribution < 1.29 is 30.0 Å². The van der Waals surface area contributed by atoms with Gasteiger partial charge in [-0.3, -0.25) is 4.79 Å². The van der Waals surface area contributed by atoms with E-state index in [2.05, 4.69) is 48.4 Å². The number of rotatable bonds is 7. The minimum absolute atomic E-state index is 0. The summed E-state index contributed by atoms with van der Waals surface area (Å²) in [6.07, 6.45) is 6.76. The molecular weight excluding hydrogens is 625 g/mol. The van der Waals surface area contributed by atoms with Gasteiger partial charge in [0.15, 0.2) is 5.78 Å². The van der Waals surface area contributed by atoms with Crippen LogP contribution in [0.25, 0.3) is 27.3 Å². The third-order valence-corrected chi connectivity index (χ3v) is 7.48. The number of ketones is 1. The maximum absolute atomic E-state index is 11.7. The minimum atomic E-state index is 0. The first kappa shape index (κ1) is 29.7. The fourth-order valence-corrected chi connectivity index (χ4v) is 4.95. The Kier molecular flexibility index (Phi) is 10.9. The van der Waals surface area contributed by atoms with Crippen LogP contribution in [0.15, 0.2) is 48.4 Å². The van der Waals surface area contributed by atoms with Gasteiger partial charge in [0, 0.05) is 55.4 Å². The SMILES string of the molecule is CCC(CC)C(=O)/C=C(\O)C(CC)CC.Cc1c(C)c2c3cccnc3c3[c-]cccc3n2c1C.[Ir]. The van der Waals surface area contributed by atoms with Crippen LogP contribution in [-0.4, -0.2) is 20.3 Å². The summed E-state index contributed by atoms with van der Waals surface area (Å²) >= 11 is 0. The number of nitrogens with zero attached hydrogens (tertiary/aromatic N) is 2. The van der Waals surface area contributed by atoms with Crippen LogP contribution in [0.3, 0.4) is 0 Å². The normalized spacial score (nSPS) is 11.8. The predicted octanol–water partition coefficient (Wildman–Crippen LogP) is 8.23. The zero-order valence-corrected chi connectivity index (χ0v) is 25.0. The van der Waals surface area contributed by atoms with Crippen LogP contribution in [0.4, 0.5) is 0 Å². The van der Waals surface area contributed by atoms with Crippen molar-refractivity contribution in [2.75, 3.05) is 0 Å². The zero-order chi connectivity index (χ0) is 25.7. The minimum Gasteiger partial charge on any atom is -0.512 e. The first-order valence-electron chi connectivity index (χ1n) is 12.9. The van der Waals surface area contributed by atoms with Crippen molar-refractivity contribution in [3.63, 3.8) is 0 Å². The molecule has 0 saturated heterocycles. The summed E-state index contributed by atoms with van der Waals surface area (Å²) in [5, 5.41) is 12.1. The van der Waals surface area contributed by atoms with Crippen LogP contribution >= 0.6 is 0 Å². The fraction of sp³-hybridized carbons (Fsp3) is 0.419. The molecule has 36 heavy (non-hydrogen) atoms. The van der Waals surface area contributed by atoms with Gasteiger partial charge in [-0.05, 0) is 80.1 Å². The molecule has 0 amide bonds. The van der Waals surface area contributed by atoms with E-state index < -0.39 is 0 Å². The summed E-state index contributed by atoms with van der Waals surface area (Å²) < 4.78 is 2.35. The van der Waals surface area contributed by atoms with E-state index in [1.54, 1.807) is 0 Å². The molecule has 1 N–H and O–H groups in total. The van der Waals surface area contributed by atoms with Gasteiger partial charge in [0.2, 0.25) is 0 Å². The zero-order valence-electron chi connectivity index (χ0n) is 22.6. The van der Waals surface area contributed by atoms with E-state index in [1.807, 2.05) is 52.1 Å². The molecule has 4 aromatic rings. The molecule has 0 atom stereocenters. The van der Waals surface area contributed by atoms with Crippen LogP contribution in [0.1, 0.15) is 70.2 Å². The van der Waals surface area contributed by atoms with Crippen molar-refractivity contribution in [3.8, 4) is 0 Å². The number of hydrogen-bond donors (Lipinski definition) is 1. The standard InChI is InChI=1S/C18H15N2.C13H24O2.Ir/c1-11-12(2)18-15-8-6-10-19-17(15)14-7-4-5-9-16(14)20(18)13(11)3;1-5-10(6-2)12(14)9-13(15)11(7-3)8-4;/h4-6,8-10H,1-3H3;9-11,14H,5-8H2,1-4H3;/q-1;;/b;12-9-;. The molecule has 3 heterocycles. The molecule has 1 aromatic carbocycles. The number of aliphatic hydroxyl groups is 1. The third-order valence-electron chi connectivity index (χ3n) is 7.48. The van der Waals surface area contributed by atoms with Gasteiger partial charge >= 0.3 is 0 Å². The summed E-state index contributed by atoms with van der Waals surface area (Å²) in [4.78, 5) is 16.3. The number of hydrogen-bond acceptors (Lipinski definition) is 3. The Labute approximate surface area is 229 Å². The van der Waals surface area contributed by atoms with Gasteiger partial charge in [-0.25, -0.2) is 0 Å². The van der Waals surface area contributed by atoms with Gasteiger partial charge in [0.1, 0.15) is 0 Å². The summed E-state index contributed by atoms with van der Waals surface area (Å²) in [6, 6.07) is 13.7. The Morgan fingerprint density at radius 1 is 1.00 bits per heavy atom. The molecule has 3 aromatic heterocycles. The third kappa shape index (κ3) is 5.74. The first-order valence-corrected chi connectivity index (χ1v) is 12.9. The first-order chi connectivity index (χ1) is 16.8. The van der Waals surface area contributed by atoms with E-state index in [0.29, 0.717) is 0 Å². The average Bonchev–Trinajstić information content (AvgIpc) is 3.10. The summed E-state index contributed by atoms with van der Waals surface area (Å²) in [6.45, 7) is 14.6. The van der Waals surface area contributed by atoms with E-state index in [-0.39, 0.29) is 43.5 Å². The number of pyridine rings is 2. The molecule has 0 aliphatic heterocycles. The molecule has 195 valence electrons. The second-order valence-electron chi connectivity index (χ2n) is 9.35. The van der Waals surface area contributed by atoms with Gasteiger partial charge < -0.3 is 14.5 Å². The number of allylic oxidation sites excluding steroid dienone is 2. The Morgan fingerprint density at radius 2 is 1.64 bits per heavy atom. The van der Waals surface area contributed by atoms with E-state index in [4.69, 9.17) is 0 Å². The van der Waals surface area contributed by atoms with Crippen molar-refractivity contribution in [3.05, 3.63) is 71.3 Å². The number of aliphatic hydroxyl groups excluding tert-OH is 1. The topological polar surface area (TPSA) is 54.6 Å². The molecule has 0 aliphatic carbocycles. The van der Waals surface area contributed by atoms with E-state index in [1.165, 1.54) is 39.3 Å². The summed E-state index contributed by atoms with van der Waals surface area (Å²) in [5.41, 5.74) is 7.49. The molecule has 0 fully saturated rings. The molecule has 5 heteroatoms. The molecule has 0 aliphatic rings. The largest absolute Gasteiger partial charge is 0.512 e. The number of aryl methyl sites for hydroxylation is 2. The van der Waals surface area contributed by atoms with Crippen molar-refractivity contribution in [2.24, 2.45) is 11.8 Å².